The number of ether oxygens (including phenoxy) is 1. The molecule has 1 aromatic heterocycles. The minimum absolute atomic E-state index is 0.00459. The zero-order valence-corrected chi connectivity index (χ0v) is 16.7. The summed E-state index contributed by atoms with van der Waals surface area (Å²) in [6.45, 7) is 0.920. The zero-order valence-electron chi connectivity index (χ0n) is 16.7. The molecule has 7 nitrogen and oxygen atoms in total. The Morgan fingerprint density at radius 2 is 1.97 bits per heavy atom. The van der Waals surface area contributed by atoms with Crippen LogP contribution in [0.5, 0.6) is 5.75 Å². The monoisotopic (exact) mass is 407 g/mol. The molecule has 0 saturated heterocycles. The molecule has 2 heterocycles. The van der Waals surface area contributed by atoms with E-state index in [9.17, 15) is 9.18 Å². The van der Waals surface area contributed by atoms with Crippen molar-refractivity contribution in [1.29, 1.82) is 0 Å². The Hall–Kier alpha value is -3.81. The second-order valence-electron chi connectivity index (χ2n) is 7.03. The molecule has 30 heavy (non-hydrogen) atoms. The Morgan fingerprint density at radius 3 is 2.67 bits per heavy atom. The van der Waals surface area contributed by atoms with Crippen LogP contribution < -0.4 is 25.6 Å². The highest BCUT2D eigenvalue weighted by Gasteiger charge is 2.29. The van der Waals surface area contributed by atoms with Crippen molar-refractivity contribution >= 4 is 28.9 Å². The fourth-order valence-electron chi connectivity index (χ4n) is 3.36. The number of methoxy groups -OCH3 is 1. The van der Waals surface area contributed by atoms with Crippen molar-refractivity contribution in [3.05, 3.63) is 71.7 Å². The van der Waals surface area contributed by atoms with E-state index < -0.39 is 5.82 Å². The third-order valence-electron chi connectivity index (χ3n) is 5.09. The van der Waals surface area contributed by atoms with E-state index in [1.54, 1.807) is 36.2 Å². The number of fused-ring (bicyclic) bond motifs is 1. The summed E-state index contributed by atoms with van der Waals surface area (Å²) < 4.78 is 18.7. The van der Waals surface area contributed by atoms with Crippen LogP contribution in [0.25, 0.3) is 0 Å². The van der Waals surface area contributed by atoms with Crippen molar-refractivity contribution in [3.8, 4) is 5.75 Å². The maximum absolute atomic E-state index is 13.5. The Balaban J connectivity index is 1.52. The summed E-state index contributed by atoms with van der Waals surface area (Å²) in [7, 11) is 3.34. The van der Waals surface area contributed by atoms with Crippen LogP contribution in [0.3, 0.4) is 0 Å². The highest BCUT2D eigenvalue weighted by atomic mass is 19.1. The summed E-state index contributed by atoms with van der Waals surface area (Å²) in [6, 6.07) is 13.7. The van der Waals surface area contributed by atoms with Crippen LogP contribution in [0.2, 0.25) is 0 Å². The number of pyridine rings is 1. The SMILES string of the molecule is COc1ccc(CNc2cc3c(cn2)CN(c2ccc(F)c(N)c2)C(=O)N3C)cc1. The second-order valence-corrected chi connectivity index (χ2v) is 7.03. The maximum Gasteiger partial charge on any atom is 0.329 e. The zero-order chi connectivity index (χ0) is 21.3. The van der Waals surface area contributed by atoms with Gasteiger partial charge in [0.05, 0.1) is 25.0 Å². The van der Waals surface area contributed by atoms with Gasteiger partial charge >= 0.3 is 6.03 Å². The number of amides is 2. The first-order valence-corrected chi connectivity index (χ1v) is 9.42. The lowest BCUT2D eigenvalue weighted by Gasteiger charge is -2.35. The van der Waals surface area contributed by atoms with Gasteiger partial charge in [0.1, 0.15) is 17.4 Å². The molecule has 4 rings (SSSR count). The molecule has 3 aromatic rings. The van der Waals surface area contributed by atoms with Crippen LogP contribution >= 0.6 is 0 Å². The molecular weight excluding hydrogens is 385 g/mol. The Bertz CT molecular complexity index is 1090. The molecular formula is C22H22FN5O2. The highest BCUT2D eigenvalue weighted by Crippen LogP contribution is 2.33. The molecule has 0 unspecified atom stereocenters. The van der Waals surface area contributed by atoms with Crippen molar-refractivity contribution in [1.82, 2.24) is 4.98 Å². The molecule has 2 amide bonds. The number of carbonyl (C=O) groups excluding carboxylic acids is 1. The number of hydrogen-bond donors (Lipinski definition) is 2. The van der Waals surface area contributed by atoms with E-state index in [1.807, 2.05) is 30.3 Å². The van der Waals surface area contributed by atoms with E-state index in [0.29, 0.717) is 24.6 Å². The van der Waals surface area contributed by atoms with Crippen LogP contribution in [-0.2, 0) is 13.1 Å². The molecule has 154 valence electrons. The summed E-state index contributed by atoms with van der Waals surface area (Å²) in [5, 5.41) is 3.28. The topological polar surface area (TPSA) is 83.7 Å². The van der Waals surface area contributed by atoms with E-state index in [0.717, 1.165) is 22.6 Å². The first kappa shape index (κ1) is 19.5. The van der Waals surface area contributed by atoms with Crippen LogP contribution in [-0.4, -0.2) is 25.2 Å². The van der Waals surface area contributed by atoms with Gasteiger partial charge < -0.3 is 15.8 Å². The quantitative estimate of drug-likeness (QED) is 0.625. The van der Waals surface area contributed by atoms with Gasteiger partial charge in [-0.15, -0.1) is 0 Å². The van der Waals surface area contributed by atoms with Gasteiger partial charge in [-0.3, -0.25) is 9.80 Å². The van der Waals surface area contributed by atoms with Gasteiger partial charge in [0.25, 0.3) is 0 Å². The van der Waals surface area contributed by atoms with Gasteiger partial charge in [0, 0.05) is 37.1 Å². The number of hydrogen-bond acceptors (Lipinski definition) is 5. The molecule has 2 aromatic carbocycles. The van der Waals surface area contributed by atoms with Gasteiger partial charge in [-0.2, -0.15) is 0 Å². The van der Waals surface area contributed by atoms with E-state index in [1.165, 1.54) is 12.1 Å². The third-order valence-corrected chi connectivity index (χ3v) is 5.09. The number of nitrogens with zero attached hydrogens (tertiary/aromatic N) is 3. The smallest absolute Gasteiger partial charge is 0.329 e. The number of anilines is 4. The fraction of sp³-hybridized carbons (Fsp3) is 0.182. The molecule has 0 aliphatic carbocycles. The van der Waals surface area contributed by atoms with Crippen LogP contribution in [0.4, 0.5) is 32.1 Å². The Morgan fingerprint density at radius 1 is 1.20 bits per heavy atom. The first-order valence-electron chi connectivity index (χ1n) is 9.42. The van der Waals surface area contributed by atoms with Gasteiger partial charge in [0.15, 0.2) is 0 Å². The van der Waals surface area contributed by atoms with E-state index >= 15 is 0 Å². The van der Waals surface area contributed by atoms with E-state index in [2.05, 4.69) is 10.3 Å². The number of carbonyl (C=O) groups is 1. The predicted molar refractivity (Wildman–Crippen MR) is 115 cm³/mol. The summed E-state index contributed by atoms with van der Waals surface area (Å²) in [5.41, 5.74) is 8.95. The molecule has 0 radical (unpaired) electrons. The summed E-state index contributed by atoms with van der Waals surface area (Å²) in [6.07, 6.45) is 1.74. The maximum atomic E-state index is 13.5. The summed E-state index contributed by atoms with van der Waals surface area (Å²) in [5.74, 6) is 0.966. The molecule has 0 spiro atoms. The van der Waals surface area contributed by atoms with Gasteiger partial charge in [0.2, 0.25) is 0 Å². The lowest BCUT2D eigenvalue weighted by atomic mass is 10.1. The predicted octanol–water partition coefficient (Wildman–Crippen LogP) is 4.00. The van der Waals surface area contributed by atoms with Crippen molar-refractivity contribution in [2.75, 3.05) is 35.0 Å². The number of nitrogens with two attached hydrogens (primary N) is 1. The van der Waals surface area contributed by atoms with Gasteiger partial charge in [-0.25, -0.2) is 14.2 Å². The van der Waals surface area contributed by atoms with Crippen LogP contribution in [0.1, 0.15) is 11.1 Å². The molecule has 0 fully saturated rings. The van der Waals surface area contributed by atoms with Crippen LogP contribution in [0, 0.1) is 5.82 Å². The molecule has 3 N–H and O–H groups in total. The number of rotatable bonds is 5. The number of nitrogen functional groups attached to an aromatic ring is 1. The summed E-state index contributed by atoms with van der Waals surface area (Å²) in [4.78, 5) is 20.5. The lowest BCUT2D eigenvalue weighted by Crippen LogP contribution is -2.45. The van der Waals surface area contributed by atoms with Crippen molar-refractivity contribution < 1.29 is 13.9 Å². The Kier molecular flexibility index (Phi) is 5.14. The molecule has 0 atom stereocenters. The minimum atomic E-state index is -0.508. The number of nitrogens with one attached hydrogen (secondary N) is 1. The normalized spacial score (nSPS) is 13.2. The average molecular weight is 407 g/mol. The molecule has 0 saturated carbocycles. The van der Waals surface area contributed by atoms with Gasteiger partial charge in [-0.1, -0.05) is 12.1 Å². The summed E-state index contributed by atoms with van der Waals surface area (Å²) >= 11 is 0. The standard InChI is InChI=1S/C22H22FN5O2/c1-27-20-10-21(25-11-14-3-6-17(30-2)7-4-14)26-12-15(20)13-28(22(27)29)16-5-8-18(23)19(24)9-16/h3-10,12H,11,13,24H2,1-2H3,(H,25,26). The van der Waals surface area contributed by atoms with E-state index in [-0.39, 0.29) is 11.7 Å². The third kappa shape index (κ3) is 3.71. The largest absolute Gasteiger partial charge is 0.497 e. The second kappa shape index (κ2) is 7.90. The van der Waals surface area contributed by atoms with Crippen LogP contribution in [0.15, 0.2) is 54.7 Å². The molecule has 0 bridgehead atoms. The highest BCUT2D eigenvalue weighted by molar-refractivity contribution is 6.06. The number of benzene rings is 2. The average Bonchev–Trinajstić information content (AvgIpc) is 2.77. The molecule has 8 heteroatoms. The minimum Gasteiger partial charge on any atom is -0.497 e. The van der Waals surface area contributed by atoms with Gasteiger partial charge in [-0.05, 0) is 35.9 Å². The number of urea groups is 1. The fourth-order valence-corrected chi connectivity index (χ4v) is 3.36. The number of halogens is 1. The lowest BCUT2D eigenvalue weighted by molar-refractivity contribution is 0.251. The molecule has 1 aliphatic rings. The van der Waals surface area contributed by atoms with E-state index in [4.69, 9.17) is 10.5 Å². The van der Waals surface area contributed by atoms with Crippen molar-refractivity contribution in [2.24, 2.45) is 0 Å². The molecule has 1 aliphatic heterocycles. The Labute approximate surface area is 173 Å². The number of aromatic nitrogens is 1. The van der Waals surface area contributed by atoms with Crippen molar-refractivity contribution in [2.45, 2.75) is 13.1 Å². The van der Waals surface area contributed by atoms with Crippen molar-refractivity contribution in [3.63, 3.8) is 0 Å². The first-order chi connectivity index (χ1) is 14.5.